The monoisotopic (exact) mass is 261 g/mol. The molecule has 1 fully saturated rings. The third-order valence-corrected chi connectivity index (χ3v) is 3.76. The minimum absolute atomic E-state index is 0.108. The first kappa shape index (κ1) is 14.1. The van der Waals surface area contributed by atoms with E-state index in [4.69, 9.17) is 10.5 Å². The van der Waals surface area contributed by atoms with Gasteiger partial charge in [-0.05, 0) is 31.4 Å². The second-order valence-electron chi connectivity index (χ2n) is 5.51. The van der Waals surface area contributed by atoms with Crippen molar-refractivity contribution < 1.29 is 9.53 Å². The maximum Gasteiger partial charge on any atom is 0.168 e. The minimum atomic E-state index is -0.297. The van der Waals surface area contributed by atoms with Crippen LogP contribution in [-0.4, -0.2) is 17.9 Å². The zero-order valence-electron chi connectivity index (χ0n) is 11.7. The largest absolute Gasteiger partial charge is 0.493 e. The molecular weight excluding hydrogens is 238 g/mol. The van der Waals surface area contributed by atoms with Gasteiger partial charge in [-0.3, -0.25) is 4.79 Å². The third-order valence-electron chi connectivity index (χ3n) is 3.76. The highest BCUT2D eigenvalue weighted by Crippen LogP contribution is 2.32. The summed E-state index contributed by atoms with van der Waals surface area (Å²) in [4.78, 5) is 12.4. The molecule has 0 aromatic heterocycles. The lowest BCUT2D eigenvalue weighted by atomic mass is 9.90. The van der Waals surface area contributed by atoms with Crippen LogP contribution in [0.3, 0.4) is 0 Å². The van der Waals surface area contributed by atoms with Crippen LogP contribution in [0.15, 0.2) is 24.3 Å². The van der Waals surface area contributed by atoms with Crippen LogP contribution in [0.2, 0.25) is 0 Å². The van der Waals surface area contributed by atoms with E-state index in [1.807, 2.05) is 24.3 Å². The van der Waals surface area contributed by atoms with Gasteiger partial charge in [0, 0.05) is 12.0 Å². The van der Waals surface area contributed by atoms with Crippen LogP contribution in [0.25, 0.3) is 0 Å². The Labute approximate surface area is 115 Å². The molecular formula is C16H23NO2. The number of para-hydroxylation sites is 1. The number of ether oxygens (including phenoxy) is 1. The second kappa shape index (κ2) is 6.20. The normalized spacial score (nSPS) is 17.4. The summed E-state index contributed by atoms with van der Waals surface area (Å²) in [7, 11) is 0. The van der Waals surface area contributed by atoms with Gasteiger partial charge in [0.25, 0.3) is 0 Å². The summed E-state index contributed by atoms with van der Waals surface area (Å²) in [6.45, 7) is 2.69. The fraction of sp³-hybridized carbons (Fsp3) is 0.562. The summed E-state index contributed by atoms with van der Waals surface area (Å²) in [5.41, 5.74) is 6.66. The van der Waals surface area contributed by atoms with Crippen molar-refractivity contribution in [3.05, 3.63) is 29.8 Å². The van der Waals surface area contributed by atoms with Gasteiger partial charge in [0.05, 0.1) is 12.2 Å². The first-order valence-corrected chi connectivity index (χ1v) is 7.18. The van der Waals surface area contributed by atoms with Crippen molar-refractivity contribution >= 4 is 5.78 Å². The van der Waals surface area contributed by atoms with E-state index >= 15 is 0 Å². The number of hydrogen-bond donors (Lipinski definition) is 1. The Bertz CT molecular complexity index is 436. The smallest absolute Gasteiger partial charge is 0.168 e. The van der Waals surface area contributed by atoms with E-state index < -0.39 is 0 Å². The highest BCUT2D eigenvalue weighted by molar-refractivity contribution is 5.99. The van der Waals surface area contributed by atoms with E-state index in [0.717, 1.165) is 32.1 Å². The maximum atomic E-state index is 12.4. The molecule has 19 heavy (non-hydrogen) atoms. The maximum absolute atomic E-state index is 12.4. The highest BCUT2D eigenvalue weighted by Gasteiger charge is 2.32. The Morgan fingerprint density at radius 1 is 1.32 bits per heavy atom. The highest BCUT2D eigenvalue weighted by atomic mass is 16.5. The molecule has 0 saturated heterocycles. The average Bonchev–Trinajstić information content (AvgIpc) is 2.83. The first-order chi connectivity index (χ1) is 9.14. The number of ketones is 1. The van der Waals surface area contributed by atoms with Gasteiger partial charge < -0.3 is 10.5 Å². The number of nitrogens with two attached hydrogens (primary N) is 1. The van der Waals surface area contributed by atoms with E-state index in [1.165, 1.54) is 0 Å². The van der Waals surface area contributed by atoms with Crippen LogP contribution in [0, 0.1) is 0 Å². The number of carbonyl (C=O) groups excluding carboxylic acids is 1. The molecule has 0 amide bonds. The van der Waals surface area contributed by atoms with Gasteiger partial charge in [0.1, 0.15) is 5.75 Å². The number of hydrogen-bond acceptors (Lipinski definition) is 3. The molecule has 0 radical (unpaired) electrons. The lowest BCUT2D eigenvalue weighted by molar-refractivity contribution is 0.0948. The van der Waals surface area contributed by atoms with Crippen molar-refractivity contribution in [2.45, 2.75) is 51.0 Å². The van der Waals surface area contributed by atoms with Crippen molar-refractivity contribution in [1.82, 2.24) is 0 Å². The molecule has 2 rings (SSSR count). The molecule has 1 aliphatic rings. The van der Waals surface area contributed by atoms with Gasteiger partial charge in [-0.15, -0.1) is 0 Å². The molecule has 0 aliphatic heterocycles. The summed E-state index contributed by atoms with van der Waals surface area (Å²) in [5, 5.41) is 0. The zero-order valence-corrected chi connectivity index (χ0v) is 11.7. The molecule has 0 bridgehead atoms. The Morgan fingerprint density at radius 2 is 2.00 bits per heavy atom. The van der Waals surface area contributed by atoms with Crippen LogP contribution in [0.4, 0.5) is 0 Å². The Balaban J connectivity index is 2.09. The Kier molecular flexibility index (Phi) is 4.59. The summed E-state index contributed by atoms with van der Waals surface area (Å²) in [5.74, 6) is 0.798. The zero-order chi connectivity index (χ0) is 13.7. The predicted molar refractivity (Wildman–Crippen MR) is 76.6 cm³/mol. The van der Waals surface area contributed by atoms with E-state index in [1.54, 1.807) is 0 Å². The van der Waals surface area contributed by atoms with Gasteiger partial charge in [0.2, 0.25) is 0 Å². The molecule has 104 valence electrons. The Morgan fingerprint density at radius 3 is 2.68 bits per heavy atom. The fourth-order valence-corrected chi connectivity index (χ4v) is 2.71. The molecule has 0 unspecified atom stereocenters. The van der Waals surface area contributed by atoms with Gasteiger partial charge in [-0.1, -0.05) is 31.9 Å². The van der Waals surface area contributed by atoms with Crippen LogP contribution in [-0.2, 0) is 0 Å². The van der Waals surface area contributed by atoms with Gasteiger partial charge in [-0.2, -0.15) is 0 Å². The van der Waals surface area contributed by atoms with E-state index in [2.05, 4.69) is 6.92 Å². The number of rotatable bonds is 6. The molecule has 0 heterocycles. The van der Waals surface area contributed by atoms with Crippen LogP contribution in [0.5, 0.6) is 5.75 Å². The van der Waals surface area contributed by atoms with Crippen LogP contribution in [0.1, 0.15) is 55.8 Å². The number of Topliss-reactive ketones (excluding diaryl/α,β-unsaturated/α-hetero) is 1. The first-order valence-electron chi connectivity index (χ1n) is 7.18. The van der Waals surface area contributed by atoms with Gasteiger partial charge >= 0.3 is 0 Å². The molecule has 1 aliphatic carbocycles. The molecule has 1 saturated carbocycles. The third kappa shape index (κ3) is 3.57. The molecule has 1 aromatic rings. The molecule has 3 heteroatoms. The van der Waals surface area contributed by atoms with Crippen molar-refractivity contribution in [2.75, 3.05) is 6.61 Å². The summed E-state index contributed by atoms with van der Waals surface area (Å²) < 4.78 is 5.64. The standard InChI is InChI=1S/C16H23NO2/c1-2-11-19-15-8-4-3-7-13(15)14(18)12-16(17)9-5-6-10-16/h3-4,7-8H,2,5-6,9-12,17H2,1H3. The summed E-state index contributed by atoms with van der Waals surface area (Å²) >= 11 is 0. The SMILES string of the molecule is CCCOc1ccccc1C(=O)CC1(N)CCCC1. The molecule has 2 N–H and O–H groups in total. The lowest BCUT2D eigenvalue weighted by Crippen LogP contribution is -2.38. The predicted octanol–water partition coefficient (Wildman–Crippen LogP) is 3.32. The molecule has 0 atom stereocenters. The van der Waals surface area contributed by atoms with Crippen LogP contribution < -0.4 is 10.5 Å². The van der Waals surface area contributed by atoms with Gasteiger partial charge in [0.15, 0.2) is 5.78 Å². The average molecular weight is 261 g/mol. The van der Waals surface area contributed by atoms with E-state index in [9.17, 15) is 4.79 Å². The topological polar surface area (TPSA) is 52.3 Å². The second-order valence-corrected chi connectivity index (χ2v) is 5.51. The minimum Gasteiger partial charge on any atom is -0.493 e. The molecule has 1 aromatic carbocycles. The van der Waals surface area contributed by atoms with Crippen molar-refractivity contribution in [3.63, 3.8) is 0 Å². The van der Waals surface area contributed by atoms with Crippen molar-refractivity contribution in [2.24, 2.45) is 5.73 Å². The van der Waals surface area contributed by atoms with E-state index in [0.29, 0.717) is 24.3 Å². The number of benzene rings is 1. The summed E-state index contributed by atoms with van der Waals surface area (Å²) in [6.07, 6.45) is 5.55. The van der Waals surface area contributed by atoms with Crippen LogP contribution >= 0.6 is 0 Å². The van der Waals surface area contributed by atoms with Gasteiger partial charge in [-0.25, -0.2) is 0 Å². The van der Waals surface area contributed by atoms with Crippen molar-refractivity contribution in [3.8, 4) is 5.75 Å². The van der Waals surface area contributed by atoms with Crippen molar-refractivity contribution in [1.29, 1.82) is 0 Å². The lowest BCUT2D eigenvalue weighted by Gasteiger charge is -2.23. The molecule has 0 spiro atoms. The fourth-order valence-electron chi connectivity index (χ4n) is 2.71. The Hall–Kier alpha value is -1.35. The van der Waals surface area contributed by atoms with E-state index in [-0.39, 0.29) is 11.3 Å². The quantitative estimate of drug-likeness (QED) is 0.799. The molecule has 3 nitrogen and oxygen atoms in total. The summed E-state index contributed by atoms with van der Waals surface area (Å²) in [6, 6.07) is 7.48. The number of carbonyl (C=O) groups is 1.